The summed E-state index contributed by atoms with van der Waals surface area (Å²) in [5.41, 5.74) is 0.463. The van der Waals surface area contributed by atoms with Crippen LogP contribution in [-0.4, -0.2) is 27.5 Å². The Balaban J connectivity index is 3.16. The molecule has 0 aromatic heterocycles. The summed E-state index contributed by atoms with van der Waals surface area (Å²) >= 11 is 16.6. The SMILES string of the molecule is CCO/C(O)=C(\[N+]#N)C(C=Cc1ccccc1)NC(=O)C(Cl)(Cl)Cl. The van der Waals surface area contributed by atoms with Crippen LogP contribution in [0.4, 0.5) is 0 Å². The summed E-state index contributed by atoms with van der Waals surface area (Å²) in [6, 6.07) is 8.01. The van der Waals surface area contributed by atoms with E-state index in [-0.39, 0.29) is 12.3 Å². The molecule has 0 fully saturated rings. The maximum atomic E-state index is 11.9. The number of halogens is 3. The molecule has 1 unspecified atom stereocenters. The number of carbonyl (C=O) groups is 1. The van der Waals surface area contributed by atoms with Gasteiger partial charge in [0.25, 0.3) is 9.70 Å². The number of nitrogens with zero attached hydrogens (tertiary/aromatic N) is 2. The van der Waals surface area contributed by atoms with Crippen LogP contribution in [0.5, 0.6) is 0 Å². The maximum absolute atomic E-state index is 11.9. The van der Waals surface area contributed by atoms with Crippen LogP contribution in [-0.2, 0) is 9.53 Å². The highest BCUT2D eigenvalue weighted by Gasteiger charge is 2.38. The van der Waals surface area contributed by atoms with Gasteiger partial charge in [0.1, 0.15) is 0 Å². The van der Waals surface area contributed by atoms with E-state index in [2.05, 4.69) is 10.3 Å². The molecule has 0 aliphatic heterocycles. The van der Waals surface area contributed by atoms with Crippen LogP contribution < -0.4 is 5.32 Å². The fourth-order valence-corrected chi connectivity index (χ4v) is 1.81. The van der Waals surface area contributed by atoms with Crippen LogP contribution >= 0.6 is 34.8 Å². The van der Waals surface area contributed by atoms with E-state index in [1.165, 1.54) is 6.08 Å². The van der Waals surface area contributed by atoms with Crippen LogP contribution in [0.2, 0.25) is 0 Å². The molecule has 0 saturated heterocycles. The number of carbonyl (C=O) groups excluding carboxylic acids is 1. The summed E-state index contributed by atoms with van der Waals surface area (Å²) in [7, 11) is 0. The van der Waals surface area contributed by atoms with Gasteiger partial charge in [-0.25, -0.2) is 0 Å². The third kappa shape index (κ3) is 6.28. The molecule has 0 aliphatic rings. The van der Waals surface area contributed by atoms with Crippen molar-refractivity contribution in [3.05, 3.63) is 58.6 Å². The molecule has 128 valence electrons. The van der Waals surface area contributed by atoms with Crippen molar-refractivity contribution in [3.8, 4) is 0 Å². The minimum absolute atomic E-state index is 0.123. The van der Waals surface area contributed by atoms with E-state index in [9.17, 15) is 9.90 Å². The highest BCUT2D eigenvalue weighted by atomic mass is 35.6. The molecule has 0 saturated carbocycles. The Morgan fingerprint density at radius 3 is 2.54 bits per heavy atom. The average Bonchev–Trinajstić information content (AvgIpc) is 2.53. The van der Waals surface area contributed by atoms with Gasteiger partial charge in [-0.15, -0.1) is 0 Å². The Bertz CT molecular complexity index is 664. The lowest BCUT2D eigenvalue weighted by Gasteiger charge is -2.14. The van der Waals surface area contributed by atoms with E-state index in [4.69, 9.17) is 44.9 Å². The van der Waals surface area contributed by atoms with E-state index in [0.29, 0.717) is 0 Å². The van der Waals surface area contributed by atoms with Gasteiger partial charge in [-0.3, -0.25) is 4.79 Å². The normalized spacial score (nSPS) is 13.8. The van der Waals surface area contributed by atoms with E-state index < -0.39 is 21.7 Å². The lowest BCUT2D eigenvalue weighted by molar-refractivity contribution is -0.120. The number of amides is 1. The van der Waals surface area contributed by atoms with Crippen molar-refractivity contribution in [2.24, 2.45) is 0 Å². The minimum Gasteiger partial charge on any atom is -0.475 e. The number of benzene rings is 1. The number of hydrogen-bond donors (Lipinski definition) is 2. The number of hydrogen-bond acceptors (Lipinski definition) is 4. The fraction of sp³-hybridized carbons (Fsp3) is 0.267. The van der Waals surface area contributed by atoms with Crippen molar-refractivity contribution in [2.75, 3.05) is 6.61 Å². The molecule has 1 aromatic rings. The molecule has 0 radical (unpaired) electrons. The zero-order valence-electron chi connectivity index (χ0n) is 12.6. The van der Waals surface area contributed by atoms with Crippen molar-refractivity contribution in [1.29, 1.82) is 5.39 Å². The van der Waals surface area contributed by atoms with E-state index in [1.54, 1.807) is 13.0 Å². The topological polar surface area (TPSA) is 86.7 Å². The monoisotopic (exact) mass is 390 g/mol. The average molecular weight is 392 g/mol. The predicted octanol–water partition coefficient (Wildman–Crippen LogP) is 4.17. The highest BCUT2D eigenvalue weighted by molar-refractivity contribution is 6.76. The summed E-state index contributed by atoms with van der Waals surface area (Å²) in [5.74, 6) is -1.62. The van der Waals surface area contributed by atoms with E-state index >= 15 is 0 Å². The second kappa shape index (κ2) is 9.38. The summed E-state index contributed by atoms with van der Waals surface area (Å²) in [5, 5.41) is 21.3. The summed E-state index contributed by atoms with van der Waals surface area (Å²) in [6.45, 7) is 1.75. The molecule has 0 bridgehead atoms. The molecule has 0 spiro atoms. The first-order valence-corrected chi connectivity index (χ1v) is 7.95. The number of rotatable bonds is 6. The second-order valence-electron chi connectivity index (χ2n) is 4.44. The first-order valence-electron chi connectivity index (χ1n) is 6.81. The Morgan fingerprint density at radius 2 is 2.04 bits per heavy atom. The second-order valence-corrected chi connectivity index (χ2v) is 6.72. The molecule has 1 rings (SSSR count). The molecule has 1 amide bonds. The molecule has 1 atom stereocenters. The van der Waals surface area contributed by atoms with Gasteiger partial charge in [0, 0.05) is 0 Å². The zero-order chi connectivity index (χ0) is 18.2. The first-order chi connectivity index (χ1) is 11.3. The van der Waals surface area contributed by atoms with Crippen LogP contribution in [0.15, 0.2) is 48.1 Å². The third-order valence-corrected chi connectivity index (χ3v) is 3.24. The smallest absolute Gasteiger partial charge is 0.466 e. The van der Waals surface area contributed by atoms with Crippen LogP contribution in [0, 0.1) is 5.39 Å². The Hall–Kier alpha value is -1.94. The largest absolute Gasteiger partial charge is 0.475 e. The molecule has 2 N–H and O–H groups in total. The standard InChI is InChI=1S/C15H14Cl3N3O3/c1-2-24-13(22)12(21-19)11(20-14(23)15(16,17)18)9-8-10-6-4-3-5-7-10/h3-9,11H,2H2,1H3,(H-,20,22,23)/p+1/b9-8?,13-12-. The Morgan fingerprint density at radius 1 is 1.42 bits per heavy atom. The molecule has 24 heavy (non-hydrogen) atoms. The third-order valence-electron chi connectivity index (χ3n) is 2.73. The van der Waals surface area contributed by atoms with Crippen molar-refractivity contribution in [3.63, 3.8) is 0 Å². The number of alkyl halides is 3. The molecular formula is C15H15Cl3N3O3+. The van der Waals surface area contributed by atoms with Crippen molar-refractivity contribution in [1.82, 2.24) is 5.32 Å². The molecule has 9 heteroatoms. The van der Waals surface area contributed by atoms with Crippen molar-refractivity contribution in [2.45, 2.75) is 16.8 Å². The zero-order valence-corrected chi connectivity index (χ0v) is 14.9. The maximum Gasteiger partial charge on any atom is 0.466 e. The van der Waals surface area contributed by atoms with Gasteiger partial charge in [0.2, 0.25) is 5.39 Å². The number of aliphatic hydroxyl groups excluding tert-OH is 1. The molecule has 0 heterocycles. The number of nitrogens with one attached hydrogen (secondary N) is 1. The Kier molecular flexibility index (Phi) is 7.86. The molecule has 6 nitrogen and oxygen atoms in total. The van der Waals surface area contributed by atoms with Crippen LogP contribution in [0.1, 0.15) is 12.5 Å². The number of ether oxygens (including phenoxy) is 1. The van der Waals surface area contributed by atoms with E-state index in [0.717, 1.165) is 5.56 Å². The van der Waals surface area contributed by atoms with Crippen molar-refractivity contribution < 1.29 is 14.6 Å². The summed E-state index contributed by atoms with van der Waals surface area (Å²) < 4.78 is 2.67. The number of aliphatic hydroxyl groups is 1. The van der Waals surface area contributed by atoms with Gasteiger partial charge in [0.15, 0.2) is 11.0 Å². The molecular weight excluding hydrogens is 377 g/mol. The molecule has 0 aliphatic carbocycles. The first kappa shape index (κ1) is 20.1. The lowest BCUT2D eigenvalue weighted by Crippen LogP contribution is -2.41. The number of diazo groups is 1. The van der Waals surface area contributed by atoms with Gasteiger partial charge in [0.05, 0.1) is 6.61 Å². The van der Waals surface area contributed by atoms with Gasteiger partial charge < -0.3 is 15.2 Å². The molecule has 1 aromatic carbocycles. The quantitative estimate of drug-likeness (QED) is 0.433. The summed E-state index contributed by atoms with van der Waals surface area (Å²) in [4.78, 5) is 14.8. The van der Waals surface area contributed by atoms with Gasteiger partial charge in [-0.2, -0.15) is 0 Å². The lowest BCUT2D eigenvalue weighted by atomic mass is 10.1. The predicted molar refractivity (Wildman–Crippen MR) is 94.1 cm³/mol. The van der Waals surface area contributed by atoms with Crippen LogP contribution in [0.3, 0.4) is 0 Å². The van der Waals surface area contributed by atoms with Crippen LogP contribution in [0.25, 0.3) is 11.1 Å². The van der Waals surface area contributed by atoms with Gasteiger partial charge >= 0.3 is 11.6 Å². The van der Waals surface area contributed by atoms with Crippen molar-refractivity contribution >= 4 is 46.8 Å². The fourth-order valence-electron chi connectivity index (χ4n) is 1.65. The van der Waals surface area contributed by atoms with Gasteiger partial charge in [-0.1, -0.05) is 71.2 Å². The highest BCUT2D eigenvalue weighted by Crippen LogP contribution is 2.27. The Labute approximate surface area is 154 Å². The van der Waals surface area contributed by atoms with Gasteiger partial charge in [-0.05, 0) is 18.6 Å². The minimum atomic E-state index is -2.22. The van der Waals surface area contributed by atoms with E-state index in [1.807, 2.05) is 30.3 Å². The summed E-state index contributed by atoms with van der Waals surface area (Å²) in [6.07, 6.45) is 3.08.